The molecule has 0 amide bonds. The Morgan fingerprint density at radius 3 is 2.85 bits per heavy atom. The molecule has 4 rings (SSSR count). The number of hydrogen-bond acceptors (Lipinski definition) is 0. The molecule has 0 spiro atoms. The summed E-state index contributed by atoms with van der Waals surface area (Å²) in [4.78, 5) is 3.51. The average molecular weight is 260 g/mol. The number of benzene rings is 2. The van der Waals surface area contributed by atoms with Crippen LogP contribution in [0.15, 0.2) is 36.5 Å². The van der Waals surface area contributed by atoms with Crippen LogP contribution in [0.1, 0.15) is 16.7 Å². The molecule has 3 heteroatoms. The molecule has 0 aliphatic carbocycles. The van der Waals surface area contributed by atoms with Crippen LogP contribution in [0.4, 0.5) is 5.69 Å². The molecule has 0 fully saturated rings. The second-order valence-corrected chi connectivity index (χ2v) is 5.41. The molecule has 1 aliphatic rings. The Labute approximate surface area is 117 Å². The highest BCUT2D eigenvalue weighted by Gasteiger charge is 2.29. The lowest BCUT2D eigenvalue weighted by atomic mass is 10.0. The van der Waals surface area contributed by atoms with Crippen LogP contribution in [-0.4, -0.2) is 4.68 Å². The summed E-state index contributed by atoms with van der Waals surface area (Å²) in [6.07, 6.45) is 2.14. The summed E-state index contributed by atoms with van der Waals surface area (Å²) in [5.41, 5.74) is 7.19. The second-order valence-electron chi connectivity index (χ2n) is 5.41. The minimum absolute atomic E-state index is 0.698. The first-order valence-corrected chi connectivity index (χ1v) is 6.71. The highest BCUT2D eigenvalue weighted by atomic mass is 15.4. The van der Waals surface area contributed by atoms with E-state index in [1.807, 2.05) is 12.1 Å². The summed E-state index contributed by atoms with van der Waals surface area (Å²) in [6, 6.07) is 10.3. The number of rotatable bonds is 0. The molecule has 3 aromatic rings. The molecule has 0 bridgehead atoms. The quantitative estimate of drug-likeness (QED) is 0.339. The first-order valence-electron chi connectivity index (χ1n) is 6.71. The van der Waals surface area contributed by atoms with Crippen LogP contribution in [0.3, 0.4) is 0 Å². The molecule has 96 valence electrons. The zero-order chi connectivity index (χ0) is 13.9. The summed E-state index contributed by atoms with van der Waals surface area (Å²) < 4.78 is 4.51. The van der Waals surface area contributed by atoms with Crippen LogP contribution < -0.4 is 4.68 Å². The largest absolute Gasteiger partial charge is 0.238 e. The molecule has 0 saturated carbocycles. The maximum absolute atomic E-state index is 7.13. The number of hydrogen-bond donors (Lipinski definition) is 0. The van der Waals surface area contributed by atoms with Crippen LogP contribution >= 0.6 is 0 Å². The van der Waals surface area contributed by atoms with E-state index in [0.29, 0.717) is 5.69 Å². The molecular formula is C17H14N3+. The zero-order valence-corrected chi connectivity index (χ0v) is 11.5. The van der Waals surface area contributed by atoms with Crippen LogP contribution in [0.2, 0.25) is 0 Å². The van der Waals surface area contributed by atoms with Gasteiger partial charge in [0.1, 0.15) is 11.2 Å². The van der Waals surface area contributed by atoms with Crippen molar-refractivity contribution in [1.29, 1.82) is 0 Å². The minimum Gasteiger partial charge on any atom is -0.238 e. The first-order chi connectivity index (χ1) is 9.69. The monoisotopic (exact) mass is 260 g/mol. The van der Waals surface area contributed by atoms with Gasteiger partial charge in [-0.2, -0.15) is 0 Å². The first kappa shape index (κ1) is 11.2. The Morgan fingerprint density at radius 1 is 1.20 bits per heavy atom. The van der Waals surface area contributed by atoms with Crippen molar-refractivity contribution < 1.29 is 4.68 Å². The molecule has 0 N–H and O–H groups in total. The smallest absolute Gasteiger partial charge is 0.203 e. The van der Waals surface area contributed by atoms with Gasteiger partial charge >= 0.3 is 0 Å². The van der Waals surface area contributed by atoms with Crippen molar-refractivity contribution in [1.82, 2.24) is 4.68 Å². The van der Waals surface area contributed by atoms with Gasteiger partial charge in [-0.1, -0.05) is 12.1 Å². The van der Waals surface area contributed by atoms with Crippen molar-refractivity contribution in [3.8, 4) is 5.69 Å². The summed E-state index contributed by atoms with van der Waals surface area (Å²) in [5, 5.41) is 1.13. The molecule has 2 heterocycles. The molecule has 1 aliphatic heterocycles. The maximum Gasteiger partial charge on any atom is 0.203 e. The van der Waals surface area contributed by atoms with Crippen molar-refractivity contribution in [2.24, 2.45) is 0 Å². The van der Waals surface area contributed by atoms with Gasteiger partial charge in [-0.15, -0.1) is 9.36 Å². The van der Waals surface area contributed by atoms with Gasteiger partial charge in [0.15, 0.2) is 12.2 Å². The van der Waals surface area contributed by atoms with Crippen molar-refractivity contribution in [3.05, 3.63) is 64.6 Å². The maximum atomic E-state index is 7.13. The Kier molecular flexibility index (Phi) is 2.08. The Bertz CT molecular complexity index is 910. The lowest BCUT2D eigenvalue weighted by molar-refractivity contribution is -0.749. The average Bonchev–Trinajstić information content (AvgIpc) is 2.97. The third kappa shape index (κ3) is 1.31. The van der Waals surface area contributed by atoms with Gasteiger partial charge in [-0.05, 0) is 43.2 Å². The number of aromatic nitrogens is 2. The SMILES string of the molecule is [C-]#[N+]c1ccc2c(c1)c[n+]1n2-c2c(ccc(C)c2C)C1. The molecule has 20 heavy (non-hydrogen) atoms. The molecule has 0 atom stereocenters. The Hall–Kier alpha value is -2.60. The molecular weight excluding hydrogens is 246 g/mol. The molecule has 0 unspecified atom stereocenters. The van der Waals surface area contributed by atoms with Crippen LogP contribution in [0, 0.1) is 20.4 Å². The van der Waals surface area contributed by atoms with E-state index in [-0.39, 0.29) is 0 Å². The van der Waals surface area contributed by atoms with Crippen molar-refractivity contribution in [2.45, 2.75) is 20.4 Å². The highest BCUT2D eigenvalue weighted by Crippen LogP contribution is 2.30. The van der Waals surface area contributed by atoms with Crippen LogP contribution in [0.25, 0.3) is 21.4 Å². The molecule has 0 radical (unpaired) electrons. The number of fused-ring (bicyclic) bond motifs is 5. The Morgan fingerprint density at radius 2 is 2.05 bits per heavy atom. The van der Waals surface area contributed by atoms with Crippen molar-refractivity contribution >= 4 is 16.6 Å². The van der Waals surface area contributed by atoms with Gasteiger partial charge in [0.25, 0.3) is 0 Å². The van der Waals surface area contributed by atoms with Gasteiger partial charge in [0.05, 0.1) is 12.0 Å². The highest BCUT2D eigenvalue weighted by molar-refractivity contribution is 5.83. The van der Waals surface area contributed by atoms with E-state index < -0.39 is 0 Å². The van der Waals surface area contributed by atoms with E-state index >= 15 is 0 Å². The second kappa shape index (κ2) is 3.71. The van der Waals surface area contributed by atoms with E-state index in [1.54, 1.807) is 0 Å². The fourth-order valence-corrected chi connectivity index (χ4v) is 3.08. The summed E-state index contributed by atoms with van der Waals surface area (Å²) in [5.74, 6) is 0. The molecule has 2 aromatic carbocycles. The van der Waals surface area contributed by atoms with Gasteiger partial charge in [-0.3, -0.25) is 0 Å². The summed E-state index contributed by atoms with van der Waals surface area (Å²) >= 11 is 0. The van der Waals surface area contributed by atoms with E-state index in [1.165, 1.54) is 27.9 Å². The van der Waals surface area contributed by atoms with Crippen LogP contribution in [0.5, 0.6) is 0 Å². The predicted molar refractivity (Wildman–Crippen MR) is 78.3 cm³/mol. The van der Waals surface area contributed by atoms with E-state index in [2.05, 4.69) is 52.5 Å². The normalized spacial score (nSPS) is 12.2. The standard InChI is InChI=1S/C17H14N3/c1-11-4-5-13-9-19-10-14-8-15(18-3)6-7-16(14)20(19)17(13)12(11)2/h4-8,10H,9H2,1-2H3/q+1. The van der Waals surface area contributed by atoms with Gasteiger partial charge in [0.2, 0.25) is 6.20 Å². The van der Waals surface area contributed by atoms with Crippen LogP contribution in [-0.2, 0) is 6.54 Å². The topological polar surface area (TPSA) is 13.2 Å². The minimum atomic E-state index is 0.698. The van der Waals surface area contributed by atoms with Gasteiger partial charge in [-0.25, -0.2) is 4.85 Å². The lowest BCUT2D eigenvalue weighted by Gasteiger charge is -2.05. The fraction of sp³-hybridized carbons (Fsp3) is 0.176. The fourth-order valence-electron chi connectivity index (χ4n) is 3.08. The lowest BCUT2D eigenvalue weighted by Crippen LogP contribution is -2.36. The third-order valence-electron chi connectivity index (χ3n) is 4.24. The zero-order valence-electron chi connectivity index (χ0n) is 11.5. The number of nitrogens with zero attached hydrogens (tertiary/aromatic N) is 3. The third-order valence-corrected chi connectivity index (χ3v) is 4.24. The summed E-state index contributed by atoms with van der Waals surface area (Å²) in [6.45, 7) is 12.4. The molecule has 1 aromatic heterocycles. The van der Waals surface area contributed by atoms with Gasteiger partial charge in [0, 0.05) is 5.56 Å². The predicted octanol–water partition coefficient (Wildman–Crippen LogP) is 3.45. The van der Waals surface area contributed by atoms with E-state index in [9.17, 15) is 0 Å². The van der Waals surface area contributed by atoms with E-state index in [0.717, 1.165) is 11.9 Å². The van der Waals surface area contributed by atoms with Gasteiger partial charge < -0.3 is 0 Å². The number of aryl methyl sites for hydroxylation is 1. The molecule has 0 saturated heterocycles. The molecule has 3 nitrogen and oxygen atoms in total. The van der Waals surface area contributed by atoms with E-state index in [4.69, 9.17) is 6.57 Å². The van der Waals surface area contributed by atoms with Crippen molar-refractivity contribution in [2.75, 3.05) is 0 Å². The van der Waals surface area contributed by atoms with Crippen molar-refractivity contribution in [3.63, 3.8) is 0 Å². The Balaban J connectivity index is 2.09. The summed E-state index contributed by atoms with van der Waals surface area (Å²) in [7, 11) is 0.